The molecule has 0 spiro atoms. The molecule has 0 radical (unpaired) electrons. The summed E-state index contributed by atoms with van der Waals surface area (Å²) in [6.45, 7) is 0.353. The zero-order valence-electron chi connectivity index (χ0n) is 7.50. The van der Waals surface area contributed by atoms with Crippen LogP contribution in [0.25, 0.3) is 0 Å². The molecule has 0 saturated heterocycles. The summed E-state index contributed by atoms with van der Waals surface area (Å²) >= 11 is 0. The second kappa shape index (κ2) is 4.39. The highest BCUT2D eigenvalue weighted by Crippen LogP contribution is 2.21. The maximum Gasteiger partial charge on any atom is 0.141 e. The highest BCUT2D eigenvalue weighted by molar-refractivity contribution is 5.57. The van der Waals surface area contributed by atoms with Gasteiger partial charge < -0.3 is 16.2 Å². The van der Waals surface area contributed by atoms with Gasteiger partial charge in [-0.2, -0.15) is 0 Å². The van der Waals surface area contributed by atoms with Crippen molar-refractivity contribution in [3.05, 3.63) is 23.8 Å². The molecule has 0 aliphatic heterocycles. The van der Waals surface area contributed by atoms with Crippen LogP contribution in [0.15, 0.2) is 18.2 Å². The van der Waals surface area contributed by atoms with Crippen molar-refractivity contribution < 1.29 is 4.74 Å². The van der Waals surface area contributed by atoms with Crippen LogP contribution in [0.5, 0.6) is 5.75 Å². The summed E-state index contributed by atoms with van der Waals surface area (Å²) in [4.78, 5) is 0. The minimum atomic E-state index is 0.353. The molecule has 0 bridgehead atoms. The lowest BCUT2D eigenvalue weighted by molar-refractivity contribution is 0.417. The zero-order valence-corrected chi connectivity index (χ0v) is 7.50. The van der Waals surface area contributed by atoms with Gasteiger partial charge in [0.2, 0.25) is 0 Å². The molecule has 4 N–H and O–H groups in total. The SMILES string of the molecule is COc1ccc(C#CCN)cc1N. The summed E-state index contributed by atoms with van der Waals surface area (Å²) in [5.41, 5.74) is 12.4. The van der Waals surface area contributed by atoms with E-state index in [4.69, 9.17) is 16.2 Å². The number of nitrogen functional groups attached to an aromatic ring is 1. The van der Waals surface area contributed by atoms with E-state index in [-0.39, 0.29) is 0 Å². The molecule has 0 fully saturated rings. The second-order valence-electron chi connectivity index (χ2n) is 2.46. The topological polar surface area (TPSA) is 61.3 Å². The Kier molecular flexibility index (Phi) is 3.18. The molecule has 13 heavy (non-hydrogen) atoms. The van der Waals surface area contributed by atoms with Crippen molar-refractivity contribution in [2.75, 3.05) is 19.4 Å². The van der Waals surface area contributed by atoms with Crippen molar-refractivity contribution in [1.82, 2.24) is 0 Å². The number of hydrogen-bond donors (Lipinski definition) is 2. The van der Waals surface area contributed by atoms with Crippen molar-refractivity contribution >= 4 is 5.69 Å². The molecule has 68 valence electrons. The quantitative estimate of drug-likeness (QED) is 0.486. The van der Waals surface area contributed by atoms with E-state index in [1.54, 1.807) is 19.2 Å². The molecule has 1 aromatic carbocycles. The standard InChI is InChI=1S/C10H12N2O/c1-13-10-5-4-8(3-2-6-11)7-9(10)12/h4-5,7H,6,11-12H2,1H3. The number of methoxy groups -OCH3 is 1. The van der Waals surface area contributed by atoms with Gasteiger partial charge in [-0.05, 0) is 18.2 Å². The summed E-state index contributed by atoms with van der Waals surface area (Å²) in [6.07, 6.45) is 0. The number of ether oxygens (including phenoxy) is 1. The molecule has 0 aliphatic rings. The van der Waals surface area contributed by atoms with Gasteiger partial charge in [-0.3, -0.25) is 0 Å². The number of benzene rings is 1. The van der Waals surface area contributed by atoms with Crippen LogP contribution < -0.4 is 16.2 Å². The van der Waals surface area contributed by atoms with E-state index >= 15 is 0 Å². The van der Waals surface area contributed by atoms with E-state index in [2.05, 4.69) is 11.8 Å². The Balaban J connectivity index is 2.96. The number of hydrogen-bond acceptors (Lipinski definition) is 3. The largest absolute Gasteiger partial charge is 0.495 e. The lowest BCUT2D eigenvalue weighted by atomic mass is 10.2. The fourth-order valence-electron chi connectivity index (χ4n) is 0.965. The summed E-state index contributed by atoms with van der Waals surface area (Å²) in [5, 5.41) is 0. The predicted octanol–water partition coefficient (Wildman–Crippen LogP) is 0.588. The third kappa shape index (κ3) is 2.39. The second-order valence-corrected chi connectivity index (χ2v) is 2.46. The van der Waals surface area contributed by atoms with Crippen LogP contribution in [0.4, 0.5) is 5.69 Å². The molecule has 0 amide bonds. The Labute approximate surface area is 77.7 Å². The van der Waals surface area contributed by atoms with Crippen LogP contribution in [-0.2, 0) is 0 Å². The monoisotopic (exact) mass is 176 g/mol. The van der Waals surface area contributed by atoms with Crippen LogP contribution >= 0.6 is 0 Å². The number of rotatable bonds is 1. The van der Waals surface area contributed by atoms with Gasteiger partial charge in [0.05, 0.1) is 19.3 Å². The third-order valence-electron chi connectivity index (χ3n) is 1.56. The van der Waals surface area contributed by atoms with E-state index < -0.39 is 0 Å². The van der Waals surface area contributed by atoms with Gasteiger partial charge in [0, 0.05) is 5.56 Å². The zero-order chi connectivity index (χ0) is 9.68. The van der Waals surface area contributed by atoms with E-state index in [1.165, 1.54) is 0 Å². The van der Waals surface area contributed by atoms with Crippen molar-refractivity contribution in [2.24, 2.45) is 5.73 Å². The van der Waals surface area contributed by atoms with Crippen LogP contribution in [0.3, 0.4) is 0 Å². The van der Waals surface area contributed by atoms with Gasteiger partial charge in [0.25, 0.3) is 0 Å². The van der Waals surface area contributed by atoms with E-state index in [9.17, 15) is 0 Å². The van der Waals surface area contributed by atoms with Crippen LogP contribution in [0.1, 0.15) is 5.56 Å². The first-order valence-electron chi connectivity index (χ1n) is 3.90. The molecular formula is C10H12N2O. The van der Waals surface area contributed by atoms with Crippen LogP contribution in [0, 0.1) is 11.8 Å². The Bertz CT molecular complexity index is 350. The van der Waals surface area contributed by atoms with Gasteiger partial charge in [0.1, 0.15) is 5.75 Å². The molecule has 3 nitrogen and oxygen atoms in total. The van der Waals surface area contributed by atoms with Crippen molar-refractivity contribution in [2.45, 2.75) is 0 Å². The molecule has 0 unspecified atom stereocenters. The minimum absolute atomic E-state index is 0.353. The van der Waals surface area contributed by atoms with Crippen LogP contribution in [-0.4, -0.2) is 13.7 Å². The Morgan fingerprint density at radius 1 is 1.46 bits per heavy atom. The summed E-state index contributed by atoms with van der Waals surface area (Å²) < 4.78 is 5.01. The average Bonchev–Trinajstić information content (AvgIpc) is 2.15. The number of nitrogens with two attached hydrogens (primary N) is 2. The lowest BCUT2D eigenvalue weighted by Crippen LogP contribution is -1.94. The molecule has 3 heteroatoms. The fourth-order valence-corrected chi connectivity index (χ4v) is 0.965. The maximum atomic E-state index is 5.68. The highest BCUT2D eigenvalue weighted by atomic mass is 16.5. The Morgan fingerprint density at radius 3 is 2.77 bits per heavy atom. The van der Waals surface area contributed by atoms with Crippen molar-refractivity contribution in [3.63, 3.8) is 0 Å². The summed E-state index contributed by atoms with van der Waals surface area (Å²) in [5.74, 6) is 6.30. The molecule has 1 rings (SSSR count). The van der Waals surface area contributed by atoms with E-state index in [0.717, 1.165) is 5.56 Å². The first kappa shape index (κ1) is 9.43. The molecule has 0 saturated carbocycles. The minimum Gasteiger partial charge on any atom is -0.495 e. The highest BCUT2D eigenvalue weighted by Gasteiger charge is 1.97. The average molecular weight is 176 g/mol. The molecule has 0 aromatic heterocycles. The summed E-state index contributed by atoms with van der Waals surface area (Å²) in [7, 11) is 1.58. The molecular weight excluding hydrogens is 164 g/mol. The van der Waals surface area contributed by atoms with Gasteiger partial charge >= 0.3 is 0 Å². The number of anilines is 1. The van der Waals surface area contributed by atoms with E-state index in [1.807, 2.05) is 6.07 Å². The van der Waals surface area contributed by atoms with Gasteiger partial charge in [-0.1, -0.05) is 11.8 Å². The predicted molar refractivity (Wildman–Crippen MR) is 53.3 cm³/mol. The Morgan fingerprint density at radius 2 is 2.23 bits per heavy atom. The smallest absolute Gasteiger partial charge is 0.141 e. The van der Waals surface area contributed by atoms with Crippen LogP contribution in [0.2, 0.25) is 0 Å². The molecule has 0 aliphatic carbocycles. The third-order valence-corrected chi connectivity index (χ3v) is 1.56. The molecule has 0 atom stereocenters. The van der Waals surface area contributed by atoms with Gasteiger partial charge in [-0.15, -0.1) is 0 Å². The maximum absolute atomic E-state index is 5.68. The molecule has 0 heterocycles. The van der Waals surface area contributed by atoms with Gasteiger partial charge in [-0.25, -0.2) is 0 Å². The van der Waals surface area contributed by atoms with E-state index in [0.29, 0.717) is 18.0 Å². The van der Waals surface area contributed by atoms with Crippen molar-refractivity contribution in [1.29, 1.82) is 0 Å². The molecule has 1 aromatic rings. The van der Waals surface area contributed by atoms with Gasteiger partial charge in [0.15, 0.2) is 0 Å². The summed E-state index contributed by atoms with van der Waals surface area (Å²) in [6, 6.07) is 5.40. The van der Waals surface area contributed by atoms with Crippen molar-refractivity contribution in [3.8, 4) is 17.6 Å². The fraction of sp³-hybridized carbons (Fsp3) is 0.200. The lowest BCUT2D eigenvalue weighted by Gasteiger charge is -2.03. The first-order chi connectivity index (χ1) is 6.27. The normalized spacial score (nSPS) is 8.77. The first-order valence-corrected chi connectivity index (χ1v) is 3.90. The Hall–Kier alpha value is -1.66.